The molecular weight excluding hydrogens is 158 g/mol. The standard InChI is InChI=1S/C9H8ClN/c1-3-4-8-5-6-9(10)11-7(8)2/h3-6H,1-2H2/b8-4-. The summed E-state index contributed by atoms with van der Waals surface area (Å²) in [6.45, 7) is 7.30. The number of allylic oxidation sites excluding steroid dienone is 1. The molecule has 0 bridgehead atoms. The molecule has 0 saturated carbocycles. The first-order chi connectivity index (χ1) is 5.24. The van der Waals surface area contributed by atoms with Crippen LogP contribution in [-0.4, -0.2) is 4.98 Å². The van der Waals surface area contributed by atoms with E-state index in [1.165, 1.54) is 0 Å². The first-order valence-electron chi connectivity index (χ1n) is 3.18. The molecule has 11 heavy (non-hydrogen) atoms. The Balaban J connectivity index is 3.43. The molecule has 1 heterocycles. The van der Waals surface area contributed by atoms with Crippen molar-refractivity contribution in [1.82, 2.24) is 4.98 Å². The van der Waals surface area contributed by atoms with Crippen molar-refractivity contribution in [2.45, 2.75) is 0 Å². The molecule has 0 aromatic carbocycles. The molecule has 1 aromatic heterocycles. The van der Waals surface area contributed by atoms with Gasteiger partial charge in [-0.2, -0.15) is 0 Å². The van der Waals surface area contributed by atoms with E-state index in [2.05, 4.69) is 18.1 Å². The van der Waals surface area contributed by atoms with Gasteiger partial charge in [0.05, 0.1) is 5.35 Å². The van der Waals surface area contributed by atoms with Crippen molar-refractivity contribution in [3.63, 3.8) is 0 Å². The van der Waals surface area contributed by atoms with Crippen LogP contribution in [0, 0.1) is 0 Å². The molecule has 0 fully saturated rings. The topological polar surface area (TPSA) is 12.9 Å². The largest absolute Gasteiger partial charge is 0.237 e. The summed E-state index contributed by atoms with van der Waals surface area (Å²) in [4.78, 5) is 3.97. The Morgan fingerprint density at radius 2 is 2.18 bits per heavy atom. The second kappa shape index (κ2) is 3.35. The highest BCUT2D eigenvalue weighted by atomic mass is 35.5. The Morgan fingerprint density at radius 1 is 1.45 bits per heavy atom. The summed E-state index contributed by atoms with van der Waals surface area (Å²) in [7, 11) is 0. The highest BCUT2D eigenvalue weighted by molar-refractivity contribution is 6.29. The third-order valence-corrected chi connectivity index (χ3v) is 1.48. The minimum absolute atomic E-state index is 0.469. The summed E-state index contributed by atoms with van der Waals surface area (Å²) in [5.41, 5.74) is 0. The van der Waals surface area contributed by atoms with Crippen LogP contribution in [0.15, 0.2) is 24.8 Å². The van der Waals surface area contributed by atoms with Crippen molar-refractivity contribution >= 4 is 24.3 Å². The molecule has 0 N–H and O–H groups in total. The van der Waals surface area contributed by atoms with Gasteiger partial charge in [-0.15, -0.1) is 0 Å². The van der Waals surface area contributed by atoms with Crippen molar-refractivity contribution < 1.29 is 0 Å². The van der Waals surface area contributed by atoms with Crippen molar-refractivity contribution in [3.8, 4) is 0 Å². The molecule has 0 aliphatic heterocycles. The second-order valence-corrected chi connectivity index (χ2v) is 2.46. The zero-order chi connectivity index (χ0) is 8.27. The van der Waals surface area contributed by atoms with E-state index < -0.39 is 0 Å². The second-order valence-electron chi connectivity index (χ2n) is 2.07. The maximum atomic E-state index is 5.63. The van der Waals surface area contributed by atoms with E-state index in [1.807, 2.05) is 12.1 Å². The van der Waals surface area contributed by atoms with E-state index in [9.17, 15) is 0 Å². The molecule has 1 aromatic rings. The van der Waals surface area contributed by atoms with E-state index in [4.69, 9.17) is 11.6 Å². The summed E-state index contributed by atoms with van der Waals surface area (Å²) >= 11 is 5.63. The number of halogens is 1. The van der Waals surface area contributed by atoms with Crippen molar-refractivity contribution in [2.75, 3.05) is 0 Å². The van der Waals surface area contributed by atoms with Gasteiger partial charge in [-0.3, -0.25) is 0 Å². The van der Waals surface area contributed by atoms with Crippen LogP contribution in [0.5, 0.6) is 0 Å². The average molecular weight is 166 g/mol. The number of hydrogen-bond acceptors (Lipinski definition) is 1. The van der Waals surface area contributed by atoms with Crippen molar-refractivity contribution in [3.05, 3.63) is 40.5 Å². The fourth-order valence-corrected chi connectivity index (χ4v) is 0.929. The van der Waals surface area contributed by atoms with Crippen LogP contribution < -0.4 is 10.6 Å². The van der Waals surface area contributed by atoms with Gasteiger partial charge in [0.15, 0.2) is 0 Å². The lowest BCUT2D eigenvalue weighted by atomic mass is 10.3. The van der Waals surface area contributed by atoms with E-state index in [-0.39, 0.29) is 0 Å². The fraction of sp³-hybridized carbons (Fsp3) is 0. The maximum absolute atomic E-state index is 5.63. The van der Waals surface area contributed by atoms with Gasteiger partial charge in [-0.25, -0.2) is 4.98 Å². The number of nitrogens with zero attached hydrogens (tertiary/aromatic N) is 1. The van der Waals surface area contributed by atoms with Crippen LogP contribution in [0.4, 0.5) is 0 Å². The van der Waals surface area contributed by atoms with Crippen LogP contribution in [0.2, 0.25) is 5.15 Å². The molecule has 0 amide bonds. The summed E-state index contributed by atoms with van der Waals surface area (Å²) < 4.78 is 0. The molecule has 0 aliphatic carbocycles. The van der Waals surface area contributed by atoms with E-state index >= 15 is 0 Å². The fourth-order valence-electron chi connectivity index (χ4n) is 0.764. The lowest BCUT2D eigenvalue weighted by Crippen LogP contribution is -2.25. The zero-order valence-corrected chi connectivity index (χ0v) is 6.80. The van der Waals surface area contributed by atoms with Gasteiger partial charge in [0, 0.05) is 0 Å². The molecule has 1 rings (SSSR count). The van der Waals surface area contributed by atoms with E-state index in [1.54, 1.807) is 12.1 Å². The number of pyridine rings is 1. The molecular formula is C9H8ClN. The lowest BCUT2D eigenvalue weighted by Gasteiger charge is -1.87. The first-order valence-corrected chi connectivity index (χ1v) is 3.56. The third-order valence-electron chi connectivity index (χ3n) is 1.27. The normalized spacial score (nSPS) is 11.5. The predicted molar refractivity (Wildman–Crippen MR) is 48.7 cm³/mol. The number of rotatable bonds is 1. The minimum Gasteiger partial charge on any atom is -0.237 e. The SMILES string of the molecule is C=C/C=c1/ccc(Cl)nc1=C. The summed E-state index contributed by atoms with van der Waals surface area (Å²) in [6, 6.07) is 3.59. The smallest absolute Gasteiger partial charge is 0.129 e. The van der Waals surface area contributed by atoms with Crippen LogP contribution >= 0.6 is 11.6 Å². The van der Waals surface area contributed by atoms with Crippen LogP contribution in [0.3, 0.4) is 0 Å². The molecule has 1 nitrogen and oxygen atoms in total. The quantitative estimate of drug-likeness (QED) is 0.569. The maximum Gasteiger partial charge on any atom is 0.129 e. The highest BCUT2D eigenvalue weighted by Crippen LogP contribution is 1.94. The number of aromatic nitrogens is 1. The molecule has 0 unspecified atom stereocenters. The predicted octanol–water partition coefficient (Wildman–Crippen LogP) is 1.11. The zero-order valence-electron chi connectivity index (χ0n) is 6.05. The average Bonchev–Trinajstić information content (AvgIpc) is 1.95. The molecule has 0 saturated heterocycles. The van der Waals surface area contributed by atoms with Crippen molar-refractivity contribution in [2.24, 2.45) is 0 Å². The number of hydrogen-bond donors (Lipinski definition) is 0. The minimum atomic E-state index is 0.469. The van der Waals surface area contributed by atoms with Gasteiger partial charge in [0.1, 0.15) is 5.15 Å². The molecule has 56 valence electrons. The molecule has 0 spiro atoms. The van der Waals surface area contributed by atoms with Gasteiger partial charge in [0.2, 0.25) is 0 Å². The Labute approximate surface area is 70.3 Å². The summed E-state index contributed by atoms with van der Waals surface area (Å²) in [5, 5.41) is 2.10. The Hall–Kier alpha value is -1.08. The van der Waals surface area contributed by atoms with E-state index in [0.29, 0.717) is 10.5 Å². The van der Waals surface area contributed by atoms with Crippen LogP contribution in [0.1, 0.15) is 0 Å². The lowest BCUT2D eigenvalue weighted by molar-refractivity contribution is 1.23. The summed E-state index contributed by atoms with van der Waals surface area (Å²) in [5.74, 6) is 0. The Bertz CT molecular complexity index is 368. The molecule has 0 aliphatic rings. The van der Waals surface area contributed by atoms with Gasteiger partial charge < -0.3 is 0 Å². The van der Waals surface area contributed by atoms with Gasteiger partial charge in [-0.1, -0.05) is 36.9 Å². The summed E-state index contributed by atoms with van der Waals surface area (Å²) in [6.07, 6.45) is 3.53. The molecule has 0 atom stereocenters. The highest BCUT2D eigenvalue weighted by Gasteiger charge is 1.85. The Morgan fingerprint density at radius 3 is 2.73 bits per heavy atom. The van der Waals surface area contributed by atoms with Gasteiger partial charge in [-0.05, 0) is 17.4 Å². The molecule has 0 radical (unpaired) electrons. The van der Waals surface area contributed by atoms with Gasteiger partial charge >= 0.3 is 0 Å². The Kier molecular flexibility index (Phi) is 2.44. The monoisotopic (exact) mass is 165 g/mol. The van der Waals surface area contributed by atoms with Crippen molar-refractivity contribution in [1.29, 1.82) is 0 Å². The van der Waals surface area contributed by atoms with Gasteiger partial charge in [0.25, 0.3) is 0 Å². The van der Waals surface area contributed by atoms with Crippen LogP contribution in [-0.2, 0) is 0 Å². The first kappa shape index (κ1) is 8.02. The molecule has 2 heteroatoms. The van der Waals surface area contributed by atoms with E-state index in [0.717, 1.165) is 5.22 Å². The third kappa shape index (κ3) is 1.92. The van der Waals surface area contributed by atoms with Crippen LogP contribution in [0.25, 0.3) is 12.7 Å².